The summed E-state index contributed by atoms with van der Waals surface area (Å²) < 4.78 is 0. The average Bonchev–Trinajstić information content (AvgIpc) is 3.15. The number of rotatable bonds is 3. The van der Waals surface area contributed by atoms with Gasteiger partial charge in [0.05, 0.1) is 10.6 Å². The van der Waals surface area contributed by atoms with Crippen molar-refractivity contribution in [2.45, 2.75) is 19.3 Å². The molecule has 0 radical (unpaired) electrons. The van der Waals surface area contributed by atoms with Crippen LogP contribution in [0.5, 0.6) is 0 Å². The molecule has 8 heteroatoms. The Morgan fingerprint density at radius 3 is 2.65 bits per heavy atom. The first kappa shape index (κ1) is 16.4. The van der Waals surface area contributed by atoms with Crippen LogP contribution in [0.3, 0.4) is 0 Å². The fourth-order valence-corrected chi connectivity index (χ4v) is 3.55. The monoisotopic (exact) mass is 353 g/mol. The van der Waals surface area contributed by atoms with Gasteiger partial charge < -0.3 is 9.80 Å². The minimum absolute atomic E-state index is 0.0668. The Labute approximate surface area is 150 Å². The third-order valence-corrected chi connectivity index (χ3v) is 5.00. The van der Waals surface area contributed by atoms with Gasteiger partial charge in [0.15, 0.2) is 5.82 Å². The van der Waals surface area contributed by atoms with Gasteiger partial charge >= 0.3 is 0 Å². The summed E-state index contributed by atoms with van der Waals surface area (Å²) in [6.45, 7) is 2.46. The van der Waals surface area contributed by atoms with Crippen LogP contribution in [0.25, 0.3) is 0 Å². The zero-order valence-corrected chi connectivity index (χ0v) is 14.3. The van der Waals surface area contributed by atoms with Gasteiger partial charge in [-0.1, -0.05) is 6.07 Å². The molecule has 0 bridgehead atoms. The van der Waals surface area contributed by atoms with E-state index in [9.17, 15) is 14.9 Å². The van der Waals surface area contributed by atoms with E-state index in [1.807, 2.05) is 0 Å². The highest BCUT2D eigenvalue weighted by molar-refractivity contribution is 5.95. The van der Waals surface area contributed by atoms with Gasteiger partial charge in [-0.3, -0.25) is 14.9 Å². The van der Waals surface area contributed by atoms with E-state index in [0.717, 1.165) is 30.8 Å². The van der Waals surface area contributed by atoms with Gasteiger partial charge in [-0.15, -0.1) is 5.10 Å². The van der Waals surface area contributed by atoms with Gasteiger partial charge in [0.2, 0.25) is 0 Å². The van der Waals surface area contributed by atoms with Crippen molar-refractivity contribution in [3.05, 3.63) is 57.3 Å². The summed E-state index contributed by atoms with van der Waals surface area (Å²) >= 11 is 0. The first-order valence-electron chi connectivity index (χ1n) is 8.76. The van der Waals surface area contributed by atoms with Crippen molar-refractivity contribution in [3.8, 4) is 0 Å². The van der Waals surface area contributed by atoms with Gasteiger partial charge in [-0.05, 0) is 37.0 Å². The van der Waals surface area contributed by atoms with Crippen LogP contribution < -0.4 is 4.90 Å². The Bertz CT molecular complexity index is 862. The van der Waals surface area contributed by atoms with E-state index in [2.05, 4.69) is 21.2 Å². The quantitative estimate of drug-likeness (QED) is 0.617. The third kappa shape index (κ3) is 3.10. The lowest BCUT2D eigenvalue weighted by Gasteiger charge is -2.35. The van der Waals surface area contributed by atoms with Gasteiger partial charge in [-0.25, -0.2) is 0 Å². The molecule has 26 heavy (non-hydrogen) atoms. The molecule has 1 aromatic heterocycles. The SMILES string of the molecule is O=C(c1cccc([N+](=O)[O-])c1)N1CCN(c2cc3c(nn2)CCC3)CC1. The van der Waals surface area contributed by atoms with Crippen molar-refractivity contribution in [2.24, 2.45) is 0 Å². The predicted octanol–water partition coefficient (Wildman–Crippen LogP) is 1.84. The molecule has 0 spiro atoms. The Morgan fingerprint density at radius 2 is 1.88 bits per heavy atom. The molecule has 4 rings (SSSR count). The van der Waals surface area contributed by atoms with E-state index in [1.165, 1.54) is 17.7 Å². The number of benzene rings is 1. The highest BCUT2D eigenvalue weighted by atomic mass is 16.6. The van der Waals surface area contributed by atoms with Crippen molar-refractivity contribution in [3.63, 3.8) is 0 Å². The molecule has 134 valence electrons. The molecule has 1 amide bonds. The van der Waals surface area contributed by atoms with Crippen LogP contribution in [-0.2, 0) is 12.8 Å². The molecule has 1 aliphatic heterocycles. The summed E-state index contributed by atoms with van der Waals surface area (Å²) in [5.41, 5.74) is 2.67. The molecule has 1 fully saturated rings. The zero-order chi connectivity index (χ0) is 18.1. The van der Waals surface area contributed by atoms with Crippen LogP contribution in [0.15, 0.2) is 30.3 Å². The maximum absolute atomic E-state index is 12.6. The Balaban J connectivity index is 1.42. The van der Waals surface area contributed by atoms with Crippen molar-refractivity contribution >= 4 is 17.4 Å². The molecule has 0 N–H and O–H groups in total. The fourth-order valence-electron chi connectivity index (χ4n) is 3.55. The summed E-state index contributed by atoms with van der Waals surface area (Å²) in [5, 5.41) is 19.6. The van der Waals surface area contributed by atoms with Crippen LogP contribution in [-0.4, -0.2) is 52.1 Å². The van der Waals surface area contributed by atoms with E-state index in [1.54, 1.807) is 17.0 Å². The molecule has 0 unspecified atom stereocenters. The van der Waals surface area contributed by atoms with E-state index in [4.69, 9.17) is 0 Å². The number of hydrogen-bond acceptors (Lipinski definition) is 6. The standard InChI is InChI=1S/C18H19N5O3/c24-18(14-4-1-5-15(11-14)23(25)26)22-9-7-21(8-10-22)17-12-13-3-2-6-16(13)19-20-17/h1,4-5,11-12H,2-3,6-10H2. The highest BCUT2D eigenvalue weighted by Crippen LogP contribution is 2.24. The van der Waals surface area contributed by atoms with E-state index in [0.29, 0.717) is 31.7 Å². The lowest BCUT2D eigenvalue weighted by atomic mass is 10.1. The molecule has 2 heterocycles. The number of anilines is 1. The number of nitro benzene ring substituents is 1. The fraction of sp³-hybridized carbons (Fsp3) is 0.389. The average molecular weight is 353 g/mol. The summed E-state index contributed by atoms with van der Waals surface area (Å²) in [7, 11) is 0. The van der Waals surface area contributed by atoms with Crippen LogP contribution in [0.2, 0.25) is 0 Å². The molecule has 2 aromatic rings. The topological polar surface area (TPSA) is 92.5 Å². The van der Waals surface area contributed by atoms with Crippen molar-refractivity contribution in [1.29, 1.82) is 0 Å². The van der Waals surface area contributed by atoms with Gasteiger partial charge in [0.1, 0.15) is 0 Å². The zero-order valence-electron chi connectivity index (χ0n) is 14.3. The van der Waals surface area contributed by atoms with Gasteiger partial charge in [0, 0.05) is 43.9 Å². The molecule has 1 saturated heterocycles. The number of carbonyl (C=O) groups is 1. The number of aromatic nitrogens is 2. The number of piperazine rings is 1. The summed E-state index contributed by atoms with van der Waals surface area (Å²) in [6, 6.07) is 8.00. The van der Waals surface area contributed by atoms with Crippen LogP contribution in [0.4, 0.5) is 11.5 Å². The van der Waals surface area contributed by atoms with Crippen LogP contribution in [0.1, 0.15) is 28.0 Å². The molecular weight excluding hydrogens is 334 g/mol. The molecule has 2 aliphatic rings. The van der Waals surface area contributed by atoms with Crippen LogP contribution >= 0.6 is 0 Å². The molecule has 0 saturated carbocycles. The predicted molar refractivity (Wildman–Crippen MR) is 95.3 cm³/mol. The largest absolute Gasteiger partial charge is 0.352 e. The number of hydrogen-bond donors (Lipinski definition) is 0. The van der Waals surface area contributed by atoms with E-state index < -0.39 is 4.92 Å². The molecular formula is C18H19N5O3. The molecule has 0 atom stereocenters. The molecule has 1 aliphatic carbocycles. The summed E-state index contributed by atoms with van der Waals surface area (Å²) in [6.07, 6.45) is 3.20. The number of aryl methyl sites for hydroxylation is 2. The first-order valence-corrected chi connectivity index (χ1v) is 8.76. The second-order valence-electron chi connectivity index (χ2n) is 6.61. The van der Waals surface area contributed by atoms with Crippen LogP contribution in [0, 0.1) is 10.1 Å². The Hall–Kier alpha value is -3.03. The molecule has 8 nitrogen and oxygen atoms in total. The maximum atomic E-state index is 12.6. The number of fused-ring (bicyclic) bond motifs is 1. The van der Waals surface area contributed by atoms with Gasteiger partial charge in [0.25, 0.3) is 11.6 Å². The summed E-state index contributed by atoms with van der Waals surface area (Å²) in [4.78, 5) is 26.9. The second-order valence-corrected chi connectivity index (χ2v) is 6.61. The van der Waals surface area contributed by atoms with E-state index >= 15 is 0 Å². The van der Waals surface area contributed by atoms with E-state index in [-0.39, 0.29) is 11.6 Å². The molecule has 1 aromatic carbocycles. The lowest BCUT2D eigenvalue weighted by molar-refractivity contribution is -0.384. The normalized spacial score (nSPS) is 16.5. The Kier molecular flexibility index (Phi) is 4.24. The van der Waals surface area contributed by atoms with Crippen molar-refractivity contribution < 1.29 is 9.72 Å². The minimum atomic E-state index is -0.485. The lowest BCUT2D eigenvalue weighted by Crippen LogP contribution is -2.49. The number of nitrogens with zero attached hydrogens (tertiary/aromatic N) is 5. The number of nitro groups is 1. The second kappa shape index (κ2) is 6.70. The van der Waals surface area contributed by atoms with Crippen molar-refractivity contribution in [1.82, 2.24) is 15.1 Å². The number of amides is 1. The third-order valence-electron chi connectivity index (χ3n) is 5.00. The number of non-ortho nitro benzene ring substituents is 1. The summed E-state index contributed by atoms with van der Waals surface area (Å²) in [5.74, 6) is 0.696. The highest BCUT2D eigenvalue weighted by Gasteiger charge is 2.25. The minimum Gasteiger partial charge on any atom is -0.352 e. The first-order chi connectivity index (χ1) is 12.6. The van der Waals surface area contributed by atoms with Gasteiger partial charge in [-0.2, -0.15) is 5.10 Å². The number of carbonyl (C=O) groups excluding carboxylic acids is 1. The maximum Gasteiger partial charge on any atom is 0.270 e. The van der Waals surface area contributed by atoms with Crippen molar-refractivity contribution in [2.75, 3.05) is 31.1 Å². The Morgan fingerprint density at radius 1 is 1.08 bits per heavy atom. The smallest absolute Gasteiger partial charge is 0.270 e.